The van der Waals surface area contributed by atoms with Crippen molar-refractivity contribution in [3.63, 3.8) is 0 Å². The number of fused-ring (bicyclic) bond motifs is 8. The van der Waals surface area contributed by atoms with Gasteiger partial charge in [-0.1, -0.05) is 48.5 Å². The van der Waals surface area contributed by atoms with Crippen LogP contribution < -0.4 is 18.9 Å². The van der Waals surface area contributed by atoms with Crippen LogP contribution in [0.1, 0.15) is 90.4 Å². The first-order valence-electron chi connectivity index (χ1n) is 22.2. The molecule has 72 heavy (non-hydrogen) atoms. The van der Waals surface area contributed by atoms with Crippen molar-refractivity contribution in [1.82, 2.24) is 0 Å². The molecule has 0 unspecified atom stereocenters. The number of hydrogen-bond donors (Lipinski definition) is 12. The molecule has 0 saturated heterocycles. The zero-order valence-electron chi connectivity index (χ0n) is 38.9. The number of benzene rings is 8. The maximum Gasteiger partial charge on any atom is 0.200 e. The second-order valence-electron chi connectivity index (χ2n) is 17.2. The minimum atomic E-state index is -1.44. The molecule has 0 heterocycles. The summed E-state index contributed by atoms with van der Waals surface area (Å²) in [6.45, 7) is 0. The van der Waals surface area contributed by atoms with Gasteiger partial charge in [0.25, 0.3) is 0 Å². The van der Waals surface area contributed by atoms with Crippen molar-refractivity contribution < 1.29 is 80.2 Å². The Hall–Kier alpha value is -9.44. The maximum absolute atomic E-state index is 12.1. The second-order valence-corrected chi connectivity index (χ2v) is 17.2. The first kappa shape index (κ1) is 47.6. The summed E-state index contributed by atoms with van der Waals surface area (Å²) >= 11 is 0. The van der Waals surface area contributed by atoms with Crippen LogP contribution in [-0.4, -0.2) is 89.7 Å². The van der Waals surface area contributed by atoms with E-state index in [0.29, 0.717) is 23.0 Å². The molecular formula is C56H48O16. The van der Waals surface area contributed by atoms with Crippen LogP contribution in [0.2, 0.25) is 0 Å². The van der Waals surface area contributed by atoms with Crippen LogP contribution in [-0.2, 0) is 0 Å². The third-order valence-corrected chi connectivity index (χ3v) is 13.5. The summed E-state index contributed by atoms with van der Waals surface area (Å²) in [5.41, 5.74) is -0.600. The van der Waals surface area contributed by atoms with Crippen LogP contribution >= 0.6 is 0 Å². The van der Waals surface area contributed by atoms with Gasteiger partial charge in [0.15, 0.2) is 46.0 Å². The molecule has 12 N–H and O–H groups in total. The van der Waals surface area contributed by atoms with Crippen molar-refractivity contribution in [2.45, 2.75) is 23.7 Å². The molecule has 1 aliphatic carbocycles. The highest BCUT2D eigenvalue weighted by Gasteiger charge is 2.39. The van der Waals surface area contributed by atoms with Crippen molar-refractivity contribution in [2.75, 3.05) is 28.4 Å². The molecule has 16 heteroatoms. The van der Waals surface area contributed by atoms with Crippen molar-refractivity contribution in [1.29, 1.82) is 0 Å². The third-order valence-electron chi connectivity index (χ3n) is 13.5. The summed E-state index contributed by atoms with van der Waals surface area (Å²) in [4.78, 5) is 0. The van der Waals surface area contributed by atoms with Gasteiger partial charge in [-0.2, -0.15) is 0 Å². The Morgan fingerprint density at radius 2 is 0.361 bits per heavy atom. The quantitative estimate of drug-likeness (QED) is 0.0632. The summed E-state index contributed by atoms with van der Waals surface area (Å²) in [5.74, 6) is -15.6. The molecule has 0 spiro atoms. The number of hydrogen-bond acceptors (Lipinski definition) is 16. The molecule has 8 aromatic rings. The number of phenols is 12. The molecule has 0 radical (unpaired) electrons. The largest absolute Gasteiger partial charge is 0.504 e. The highest BCUT2D eigenvalue weighted by Crippen LogP contribution is 2.60. The molecule has 0 atom stereocenters. The van der Waals surface area contributed by atoms with Gasteiger partial charge in [-0.3, -0.25) is 0 Å². The minimum absolute atomic E-state index is 0.213. The number of rotatable bonds is 8. The van der Waals surface area contributed by atoms with Crippen LogP contribution in [0.25, 0.3) is 0 Å². The zero-order valence-corrected chi connectivity index (χ0v) is 38.9. The predicted octanol–water partition coefficient (Wildman–Crippen LogP) is 9.22. The van der Waals surface area contributed by atoms with Crippen LogP contribution in [0.4, 0.5) is 0 Å². The zero-order chi connectivity index (χ0) is 51.4. The summed E-state index contributed by atoms with van der Waals surface area (Å²) in [7, 11) is 5.76. The van der Waals surface area contributed by atoms with E-state index in [2.05, 4.69) is 0 Å². The Morgan fingerprint density at radius 1 is 0.222 bits per heavy atom. The molecule has 1 aliphatic rings. The fourth-order valence-electron chi connectivity index (χ4n) is 9.81. The molecular weight excluding hydrogens is 929 g/mol. The molecule has 0 fully saturated rings. The van der Waals surface area contributed by atoms with Crippen molar-refractivity contribution in [3.05, 3.63) is 188 Å². The van der Waals surface area contributed by atoms with Crippen molar-refractivity contribution in [2.24, 2.45) is 0 Å². The molecule has 8 bridgehead atoms. The summed E-state index contributed by atoms with van der Waals surface area (Å²) < 4.78 is 21.7. The van der Waals surface area contributed by atoms with Gasteiger partial charge in [0.05, 0.1) is 28.4 Å². The first-order chi connectivity index (χ1) is 34.5. The number of methoxy groups -OCH3 is 4. The fraction of sp³-hybridized carbons (Fsp3) is 0.143. The standard InChI is InChI=1S/C56H48O16/c1-69-29-13-5-25(6-14-29)41-33-21-35(47(59)53(65)45(33)57)42(26-7-15-30(70-2)16-8-26)37-23-39(51(63)55(67)49(37)61)44(28-11-19-32(72-4)20-12-28)40-24-38(50(62)56(68)52(40)64)43(27-9-17-31(71-3)18-10-27)36-22-34(41)46(58)54(66)48(36)60/h5-24,41-44,57-68H,1-4H3. The normalized spacial score (nSPS) is 16.2. The average molecular weight is 977 g/mol. The van der Waals surface area contributed by atoms with Gasteiger partial charge in [-0.05, 0) is 95.1 Å². The number of aromatic hydroxyl groups is 12. The van der Waals surface area contributed by atoms with Crippen LogP contribution in [0, 0.1) is 0 Å². The van der Waals surface area contributed by atoms with Crippen molar-refractivity contribution in [3.8, 4) is 92.0 Å². The summed E-state index contributed by atoms with van der Waals surface area (Å²) in [6.07, 6.45) is 0. The topological polar surface area (TPSA) is 280 Å². The Labute approximate surface area is 411 Å². The molecule has 16 nitrogen and oxygen atoms in total. The smallest absolute Gasteiger partial charge is 0.200 e. The fourth-order valence-corrected chi connectivity index (χ4v) is 9.81. The summed E-state index contributed by atoms with van der Waals surface area (Å²) in [6, 6.07) is 30.3. The van der Waals surface area contributed by atoms with Gasteiger partial charge >= 0.3 is 0 Å². The number of phenolic OH excluding ortho intramolecular Hbond substituents is 12. The third kappa shape index (κ3) is 7.74. The molecule has 9 rings (SSSR count). The lowest BCUT2D eigenvalue weighted by molar-refractivity contribution is 0.353. The Morgan fingerprint density at radius 3 is 0.486 bits per heavy atom. The van der Waals surface area contributed by atoms with E-state index in [1.807, 2.05) is 0 Å². The van der Waals surface area contributed by atoms with Crippen molar-refractivity contribution >= 4 is 0 Å². The van der Waals surface area contributed by atoms with E-state index < -0.39 is 92.7 Å². The van der Waals surface area contributed by atoms with Gasteiger partial charge in [0.1, 0.15) is 23.0 Å². The summed E-state index contributed by atoms with van der Waals surface area (Å²) in [5, 5.41) is 144. The van der Waals surface area contributed by atoms with E-state index >= 15 is 0 Å². The molecule has 368 valence electrons. The minimum Gasteiger partial charge on any atom is -0.504 e. The van der Waals surface area contributed by atoms with Gasteiger partial charge in [0, 0.05) is 68.2 Å². The molecule has 0 saturated carbocycles. The van der Waals surface area contributed by atoms with Crippen LogP contribution in [0.3, 0.4) is 0 Å². The highest BCUT2D eigenvalue weighted by molar-refractivity contribution is 5.74. The Kier molecular flexibility index (Phi) is 12.2. The Bertz CT molecular complexity index is 2810. The van der Waals surface area contributed by atoms with Gasteiger partial charge in [0.2, 0.25) is 23.0 Å². The van der Waals surface area contributed by atoms with E-state index in [9.17, 15) is 61.3 Å². The SMILES string of the molecule is COc1ccc(C2c3cc(c(O)c(O)c3O)C(c3ccc(OC)cc3)c3cc(c(O)c(O)c3O)C(c3ccc(OC)cc3)c3cc(c(O)c(O)c3O)C(c3ccc(OC)cc3)c3cc2c(O)c(O)c3O)cc1. The molecule has 0 aliphatic heterocycles. The first-order valence-corrected chi connectivity index (χ1v) is 22.2. The maximum atomic E-state index is 12.1. The monoisotopic (exact) mass is 976 g/mol. The van der Waals surface area contributed by atoms with E-state index in [1.165, 1.54) is 52.7 Å². The lowest BCUT2D eigenvalue weighted by Gasteiger charge is -2.30. The van der Waals surface area contributed by atoms with E-state index in [4.69, 9.17) is 18.9 Å². The van der Waals surface area contributed by atoms with Gasteiger partial charge in [-0.25, -0.2) is 0 Å². The van der Waals surface area contributed by atoms with Gasteiger partial charge < -0.3 is 80.2 Å². The van der Waals surface area contributed by atoms with E-state index in [0.717, 1.165) is 0 Å². The highest BCUT2D eigenvalue weighted by atomic mass is 16.5. The molecule has 0 aromatic heterocycles. The lowest BCUT2D eigenvalue weighted by Crippen LogP contribution is -2.13. The van der Waals surface area contributed by atoms with E-state index in [-0.39, 0.29) is 66.8 Å². The van der Waals surface area contributed by atoms with E-state index in [1.54, 1.807) is 97.1 Å². The predicted molar refractivity (Wildman–Crippen MR) is 262 cm³/mol. The number of ether oxygens (including phenoxy) is 4. The lowest BCUT2D eigenvalue weighted by atomic mass is 9.74. The van der Waals surface area contributed by atoms with Crippen LogP contribution in [0.15, 0.2) is 121 Å². The molecule has 0 amide bonds. The Balaban J connectivity index is 1.53. The molecule has 8 aromatic carbocycles. The average Bonchev–Trinajstić information content (AvgIpc) is 3.40. The van der Waals surface area contributed by atoms with Crippen LogP contribution in [0.5, 0.6) is 92.0 Å². The van der Waals surface area contributed by atoms with Gasteiger partial charge in [-0.15, -0.1) is 0 Å². The second kappa shape index (κ2) is 18.5.